The lowest BCUT2D eigenvalue weighted by Crippen LogP contribution is -1.88. The molecule has 118 valence electrons. The van der Waals surface area contributed by atoms with Gasteiger partial charge in [0.25, 0.3) is 0 Å². The van der Waals surface area contributed by atoms with Crippen molar-refractivity contribution < 1.29 is 4.42 Å². The number of thioether (sulfide) groups is 1. The van der Waals surface area contributed by atoms with Crippen LogP contribution in [-0.4, -0.2) is 9.97 Å². The second-order valence-electron chi connectivity index (χ2n) is 5.50. The molecule has 4 aromatic rings. The van der Waals surface area contributed by atoms with Crippen molar-refractivity contribution in [2.75, 3.05) is 0 Å². The fourth-order valence-electron chi connectivity index (χ4n) is 2.64. The molecule has 2 heterocycles. The molecule has 0 saturated heterocycles. The number of rotatable bonds is 5. The number of oxazole rings is 1. The quantitative estimate of drug-likeness (QED) is 0.495. The van der Waals surface area contributed by atoms with Crippen molar-refractivity contribution in [3.63, 3.8) is 0 Å². The molecule has 4 heteroatoms. The van der Waals surface area contributed by atoms with Crippen molar-refractivity contribution in [3.8, 4) is 11.5 Å². The summed E-state index contributed by atoms with van der Waals surface area (Å²) in [5.41, 5.74) is 4.31. The van der Waals surface area contributed by atoms with Crippen LogP contribution in [0.2, 0.25) is 0 Å². The predicted octanol–water partition coefficient (Wildman–Crippen LogP) is 5.32. The Morgan fingerprint density at radius 2 is 1.75 bits per heavy atom. The summed E-state index contributed by atoms with van der Waals surface area (Å²) in [5, 5.41) is 1.18. The molecule has 2 aromatic carbocycles. The molecular weight excluding hydrogens is 316 g/mol. The van der Waals surface area contributed by atoms with Crippen LogP contribution in [0.25, 0.3) is 22.4 Å². The molecule has 0 spiro atoms. The predicted molar refractivity (Wildman–Crippen MR) is 98.7 cm³/mol. The summed E-state index contributed by atoms with van der Waals surface area (Å²) in [6, 6.07) is 20.4. The summed E-state index contributed by atoms with van der Waals surface area (Å²) in [7, 11) is 0. The number of pyridine rings is 1. The lowest BCUT2D eigenvalue weighted by Gasteiger charge is -2.04. The fraction of sp³-hybridized carbons (Fsp3) is 0.100. The monoisotopic (exact) mass is 332 g/mol. The van der Waals surface area contributed by atoms with Gasteiger partial charge < -0.3 is 4.42 Å². The van der Waals surface area contributed by atoms with Crippen LogP contribution >= 0.6 is 11.8 Å². The Bertz CT molecular complexity index is 945. The molecule has 3 nitrogen and oxygen atoms in total. The van der Waals surface area contributed by atoms with E-state index in [2.05, 4.69) is 34.2 Å². The Morgan fingerprint density at radius 1 is 0.875 bits per heavy atom. The highest BCUT2D eigenvalue weighted by Gasteiger charge is 2.07. The summed E-state index contributed by atoms with van der Waals surface area (Å²) < 4.78 is 5.59. The van der Waals surface area contributed by atoms with Gasteiger partial charge in [0, 0.05) is 28.7 Å². The molecule has 0 unspecified atom stereocenters. The minimum Gasteiger partial charge on any atom is -0.444 e. The number of hydrogen-bond acceptors (Lipinski definition) is 4. The molecule has 0 aliphatic carbocycles. The number of fused-ring (bicyclic) bond motifs is 1. The van der Waals surface area contributed by atoms with Gasteiger partial charge in [0.2, 0.25) is 5.89 Å². The van der Waals surface area contributed by atoms with E-state index in [0.717, 1.165) is 28.3 Å². The van der Waals surface area contributed by atoms with Gasteiger partial charge in [0.1, 0.15) is 6.26 Å². The van der Waals surface area contributed by atoms with E-state index in [1.54, 1.807) is 6.26 Å². The first-order chi connectivity index (χ1) is 11.9. The average molecular weight is 332 g/mol. The van der Waals surface area contributed by atoms with Crippen LogP contribution in [0.4, 0.5) is 0 Å². The van der Waals surface area contributed by atoms with E-state index in [9.17, 15) is 0 Å². The van der Waals surface area contributed by atoms with E-state index in [4.69, 9.17) is 4.42 Å². The first-order valence-electron chi connectivity index (χ1n) is 7.80. The topological polar surface area (TPSA) is 38.9 Å². The van der Waals surface area contributed by atoms with Crippen molar-refractivity contribution in [2.45, 2.75) is 11.5 Å². The molecule has 0 bridgehead atoms. The Hall–Kier alpha value is -2.59. The third kappa shape index (κ3) is 3.19. The summed E-state index contributed by atoms with van der Waals surface area (Å²) in [5.74, 6) is 2.40. The van der Waals surface area contributed by atoms with E-state index in [0.29, 0.717) is 5.89 Å². The highest BCUT2D eigenvalue weighted by molar-refractivity contribution is 7.97. The van der Waals surface area contributed by atoms with Gasteiger partial charge in [-0.1, -0.05) is 42.5 Å². The Labute approximate surface area is 144 Å². The average Bonchev–Trinajstić information content (AvgIpc) is 3.12. The molecule has 2 aromatic heterocycles. The van der Waals surface area contributed by atoms with Gasteiger partial charge in [-0.05, 0) is 23.8 Å². The molecule has 0 amide bonds. The van der Waals surface area contributed by atoms with Gasteiger partial charge in [0.15, 0.2) is 0 Å². The molecule has 4 rings (SSSR count). The SMILES string of the molecule is c1ccc(-c2nc(CSCc3cccc4cccnc34)co2)cc1. The first-order valence-corrected chi connectivity index (χ1v) is 8.96. The van der Waals surface area contributed by atoms with E-state index < -0.39 is 0 Å². The van der Waals surface area contributed by atoms with Crippen molar-refractivity contribution in [1.82, 2.24) is 9.97 Å². The summed E-state index contributed by atoms with van der Waals surface area (Å²) >= 11 is 1.82. The molecular formula is C20H16N2OS. The van der Waals surface area contributed by atoms with Crippen LogP contribution in [0.15, 0.2) is 77.5 Å². The number of nitrogens with zero attached hydrogens (tertiary/aromatic N) is 2. The summed E-state index contributed by atoms with van der Waals surface area (Å²) in [6.07, 6.45) is 3.59. The fourth-order valence-corrected chi connectivity index (χ4v) is 3.53. The molecule has 0 radical (unpaired) electrons. The van der Waals surface area contributed by atoms with E-state index in [1.807, 2.05) is 54.4 Å². The van der Waals surface area contributed by atoms with Gasteiger partial charge in [-0.15, -0.1) is 0 Å². The maximum atomic E-state index is 5.59. The number of hydrogen-bond donors (Lipinski definition) is 0. The zero-order chi connectivity index (χ0) is 16.2. The Kier molecular flexibility index (Phi) is 4.30. The smallest absolute Gasteiger partial charge is 0.226 e. The molecule has 0 fully saturated rings. The van der Waals surface area contributed by atoms with Gasteiger partial charge in [-0.25, -0.2) is 4.98 Å². The van der Waals surface area contributed by atoms with Crippen molar-refractivity contribution in [1.29, 1.82) is 0 Å². The molecule has 0 aliphatic rings. The van der Waals surface area contributed by atoms with Gasteiger partial charge in [0.05, 0.1) is 11.2 Å². The molecule has 0 saturated carbocycles. The van der Waals surface area contributed by atoms with E-state index in [-0.39, 0.29) is 0 Å². The Morgan fingerprint density at radius 3 is 2.67 bits per heavy atom. The van der Waals surface area contributed by atoms with E-state index >= 15 is 0 Å². The van der Waals surface area contributed by atoms with Crippen LogP contribution in [-0.2, 0) is 11.5 Å². The maximum absolute atomic E-state index is 5.59. The molecule has 0 aliphatic heterocycles. The number of benzene rings is 2. The second kappa shape index (κ2) is 6.89. The number of para-hydroxylation sites is 1. The number of aromatic nitrogens is 2. The maximum Gasteiger partial charge on any atom is 0.226 e. The van der Waals surface area contributed by atoms with Crippen LogP contribution < -0.4 is 0 Å². The largest absolute Gasteiger partial charge is 0.444 e. The zero-order valence-corrected chi connectivity index (χ0v) is 13.9. The summed E-state index contributed by atoms with van der Waals surface area (Å²) in [4.78, 5) is 9.07. The van der Waals surface area contributed by atoms with Crippen LogP contribution in [0.5, 0.6) is 0 Å². The van der Waals surface area contributed by atoms with E-state index in [1.165, 1.54) is 10.9 Å². The second-order valence-corrected chi connectivity index (χ2v) is 6.48. The lowest BCUT2D eigenvalue weighted by atomic mass is 10.1. The minimum absolute atomic E-state index is 0.679. The standard InChI is InChI=1S/C20H16N2OS/c1-2-6-16(7-3-1)20-22-18(12-23-20)14-24-13-17-9-4-8-15-10-5-11-21-19(15)17/h1-12H,13-14H2. The lowest BCUT2D eigenvalue weighted by molar-refractivity contribution is 0.573. The normalized spacial score (nSPS) is 11.0. The van der Waals surface area contributed by atoms with Gasteiger partial charge in [-0.3, -0.25) is 4.98 Å². The van der Waals surface area contributed by atoms with Crippen molar-refractivity contribution in [3.05, 3.63) is 84.4 Å². The van der Waals surface area contributed by atoms with Gasteiger partial charge >= 0.3 is 0 Å². The first kappa shape index (κ1) is 15.0. The van der Waals surface area contributed by atoms with Crippen molar-refractivity contribution >= 4 is 22.7 Å². The van der Waals surface area contributed by atoms with Crippen molar-refractivity contribution in [2.24, 2.45) is 0 Å². The van der Waals surface area contributed by atoms with Crippen LogP contribution in [0, 0.1) is 0 Å². The molecule has 24 heavy (non-hydrogen) atoms. The highest BCUT2D eigenvalue weighted by atomic mass is 32.2. The van der Waals surface area contributed by atoms with Crippen LogP contribution in [0.3, 0.4) is 0 Å². The third-order valence-corrected chi connectivity index (χ3v) is 4.81. The van der Waals surface area contributed by atoms with Crippen LogP contribution in [0.1, 0.15) is 11.3 Å². The summed E-state index contributed by atoms with van der Waals surface area (Å²) in [6.45, 7) is 0. The molecule has 0 atom stereocenters. The minimum atomic E-state index is 0.679. The molecule has 0 N–H and O–H groups in total. The van der Waals surface area contributed by atoms with Gasteiger partial charge in [-0.2, -0.15) is 11.8 Å². The highest BCUT2D eigenvalue weighted by Crippen LogP contribution is 2.24. The third-order valence-electron chi connectivity index (χ3n) is 3.80. The zero-order valence-electron chi connectivity index (χ0n) is 13.1. The Balaban J connectivity index is 1.43.